The fourth-order valence-electron chi connectivity index (χ4n) is 0.802. The van der Waals surface area contributed by atoms with Crippen molar-refractivity contribution in [3.63, 3.8) is 0 Å². The van der Waals surface area contributed by atoms with E-state index < -0.39 is 6.09 Å². The number of nitrogens with one attached hydrogen (secondary N) is 1. The molecule has 0 aliphatic heterocycles. The third-order valence-electron chi connectivity index (χ3n) is 1.42. The number of amides is 1. The molecule has 13 heavy (non-hydrogen) atoms. The third kappa shape index (κ3) is 2.61. The molecule has 1 amide bonds. The predicted octanol–water partition coefficient (Wildman–Crippen LogP) is 1.81. The fraction of sp³-hybridized carbons (Fsp3) is 0. The highest BCUT2D eigenvalue weighted by atomic mass is 16.6. The second kappa shape index (κ2) is 4.27. The Balaban J connectivity index is 2.69. The molecule has 0 saturated carbocycles. The van der Waals surface area contributed by atoms with Crippen LogP contribution in [0.5, 0.6) is 5.75 Å². The molecule has 0 aliphatic rings. The lowest BCUT2D eigenvalue weighted by molar-refractivity contribution is 0.127. The van der Waals surface area contributed by atoms with Gasteiger partial charge < -0.3 is 4.74 Å². The Morgan fingerprint density at radius 3 is 2.54 bits per heavy atom. The molecule has 0 spiro atoms. The van der Waals surface area contributed by atoms with Gasteiger partial charge in [0, 0.05) is 0 Å². The van der Waals surface area contributed by atoms with Gasteiger partial charge >= 0.3 is 6.09 Å². The largest absolute Gasteiger partial charge is 0.436 e. The summed E-state index contributed by atoms with van der Waals surface area (Å²) in [6.45, 7) is 3.58. The van der Waals surface area contributed by atoms with E-state index in [2.05, 4.69) is 11.3 Å². The number of hydroxylamine groups is 1. The van der Waals surface area contributed by atoms with Gasteiger partial charge in [-0.05, 0) is 17.7 Å². The molecule has 68 valence electrons. The average Bonchev–Trinajstić information content (AvgIpc) is 2.19. The van der Waals surface area contributed by atoms with E-state index in [0.29, 0.717) is 5.75 Å². The van der Waals surface area contributed by atoms with Crippen LogP contribution in [0.1, 0.15) is 5.56 Å². The smallest absolute Gasteiger partial charge is 0.409 e. The molecule has 0 heterocycles. The van der Waals surface area contributed by atoms with Crippen LogP contribution in [0, 0.1) is 0 Å². The molecular formula is C9H9NO3. The number of hydrogen-bond donors (Lipinski definition) is 2. The van der Waals surface area contributed by atoms with Gasteiger partial charge in [0.2, 0.25) is 0 Å². The van der Waals surface area contributed by atoms with Crippen molar-refractivity contribution in [3.8, 4) is 5.75 Å². The minimum atomic E-state index is -0.911. The average molecular weight is 179 g/mol. The maximum atomic E-state index is 10.5. The van der Waals surface area contributed by atoms with Crippen LogP contribution in [0.25, 0.3) is 6.08 Å². The summed E-state index contributed by atoms with van der Waals surface area (Å²) in [6, 6.07) is 6.69. The van der Waals surface area contributed by atoms with Crippen LogP contribution >= 0.6 is 0 Å². The monoisotopic (exact) mass is 179 g/mol. The van der Waals surface area contributed by atoms with E-state index in [1.54, 1.807) is 30.3 Å². The SMILES string of the molecule is C=Cc1ccc(OC(=O)NO)cc1. The Labute approximate surface area is 75.4 Å². The molecule has 0 saturated heterocycles. The zero-order chi connectivity index (χ0) is 9.68. The Bertz CT molecular complexity index is 305. The molecule has 1 aromatic rings. The minimum absolute atomic E-state index is 0.358. The van der Waals surface area contributed by atoms with Crippen LogP contribution in [0.4, 0.5) is 4.79 Å². The summed E-state index contributed by atoms with van der Waals surface area (Å²) >= 11 is 0. The molecule has 0 fully saturated rings. The summed E-state index contributed by atoms with van der Waals surface area (Å²) < 4.78 is 4.63. The summed E-state index contributed by atoms with van der Waals surface area (Å²) in [7, 11) is 0. The van der Waals surface area contributed by atoms with E-state index in [4.69, 9.17) is 5.21 Å². The first-order valence-corrected chi connectivity index (χ1v) is 3.60. The van der Waals surface area contributed by atoms with Crippen molar-refractivity contribution < 1.29 is 14.7 Å². The first-order valence-electron chi connectivity index (χ1n) is 3.60. The second-order valence-electron chi connectivity index (χ2n) is 2.27. The lowest BCUT2D eigenvalue weighted by Crippen LogP contribution is -2.22. The molecule has 0 radical (unpaired) electrons. The van der Waals surface area contributed by atoms with Crippen LogP contribution in [0.2, 0.25) is 0 Å². The Morgan fingerprint density at radius 1 is 1.46 bits per heavy atom. The first-order chi connectivity index (χ1) is 6.26. The van der Waals surface area contributed by atoms with Crippen molar-refractivity contribution in [1.29, 1.82) is 0 Å². The maximum absolute atomic E-state index is 10.5. The number of ether oxygens (including phenoxy) is 1. The summed E-state index contributed by atoms with van der Waals surface area (Å²) in [6.07, 6.45) is 0.766. The molecule has 1 rings (SSSR count). The molecule has 0 bridgehead atoms. The van der Waals surface area contributed by atoms with Crippen molar-refractivity contribution in [2.75, 3.05) is 0 Å². The van der Waals surface area contributed by atoms with Crippen LogP contribution in [-0.4, -0.2) is 11.3 Å². The highest BCUT2D eigenvalue weighted by Crippen LogP contribution is 2.12. The quantitative estimate of drug-likeness (QED) is 0.537. The standard InChI is InChI=1S/C9H9NO3/c1-2-7-3-5-8(6-4-7)13-9(11)10-12/h2-6,12H,1H2,(H,10,11). The molecule has 4 heteroatoms. The predicted molar refractivity (Wildman–Crippen MR) is 47.5 cm³/mol. The Hall–Kier alpha value is -1.81. The molecule has 0 aromatic heterocycles. The maximum Gasteiger partial charge on any atom is 0.436 e. The zero-order valence-electron chi connectivity index (χ0n) is 6.86. The molecule has 1 aromatic carbocycles. The molecule has 0 unspecified atom stereocenters. The first kappa shape index (κ1) is 9.28. The summed E-state index contributed by atoms with van der Waals surface area (Å²) in [4.78, 5) is 10.5. The molecular weight excluding hydrogens is 170 g/mol. The molecule has 0 aliphatic carbocycles. The van der Waals surface area contributed by atoms with Crippen molar-refractivity contribution in [1.82, 2.24) is 5.48 Å². The third-order valence-corrected chi connectivity index (χ3v) is 1.42. The van der Waals surface area contributed by atoms with Gasteiger partial charge in [-0.3, -0.25) is 5.21 Å². The molecule has 4 nitrogen and oxygen atoms in total. The van der Waals surface area contributed by atoms with E-state index in [0.717, 1.165) is 5.56 Å². The van der Waals surface area contributed by atoms with E-state index in [1.807, 2.05) is 0 Å². The summed E-state index contributed by atoms with van der Waals surface area (Å²) in [5.74, 6) is 0.358. The van der Waals surface area contributed by atoms with Gasteiger partial charge in [0.1, 0.15) is 5.75 Å². The van der Waals surface area contributed by atoms with Crippen molar-refractivity contribution in [2.45, 2.75) is 0 Å². The van der Waals surface area contributed by atoms with Crippen LogP contribution in [0.15, 0.2) is 30.8 Å². The normalized spacial score (nSPS) is 9.00. The van der Waals surface area contributed by atoms with Gasteiger partial charge in [0.15, 0.2) is 0 Å². The fourth-order valence-corrected chi connectivity index (χ4v) is 0.802. The van der Waals surface area contributed by atoms with Gasteiger partial charge in [-0.25, -0.2) is 10.3 Å². The van der Waals surface area contributed by atoms with Gasteiger partial charge in [-0.2, -0.15) is 0 Å². The number of hydrogen-bond acceptors (Lipinski definition) is 3. The number of rotatable bonds is 2. The zero-order valence-corrected chi connectivity index (χ0v) is 6.86. The van der Waals surface area contributed by atoms with Crippen LogP contribution < -0.4 is 10.2 Å². The van der Waals surface area contributed by atoms with E-state index in [1.165, 1.54) is 5.48 Å². The van der Waals surface area contributed by atoms with Crippen molar-refractivity contribution in [3.05, 3.63) is 36.4 Å². The number of benzene rings is 1. The Morgan fingerprint density at radius 2 is 2.08 bits per heavy atom. The van der Waals surface area contributed by atoms with E-state index >= 15 is 0 Å². The van der Waals surface area contributed by atoms with E-state index in [-0.39, 0.29) is 0 Å². The molecule has 0 atom stereocenters. The molecule has 2 N–H and O–H groups in total. The number of carbonyl (C=O) groups excluding carboxylic acids is 1. The highest BCUT2D eigenvalue weighted by molar-refractivity contribution is 5.69. The van der Waals surface area contributed by atoms with Gasteiger partial charge in [0.25, 0.3) is 0 Å². The minimum Gasteiger partial charge on any atom is -0.409 e. The lowest BCUT2D eigenvalue weighted by atomic mass is 10.2. The van der Waals surface area contributed by atoms with Crippen molar-refractivity contribution >= 4 is 12.2 Å². The lowest BCUT2D eigenvalue weighted by Gasteiger charge is -2.01. The van der Waals surface area contributed by atoms with Gasteiger partial charge in [-0.1, -0.05) is 24.8 Å². The van der Waals surface area contributed by atoms with E-state index in [9.17, 15) is 4.79 Å². The van der Waals surface area contributed by atoms with Gasteiger partial charge in [0.05, 0.1) is 0 Å². The summed E-state index contributed by atoms with van der Waals surface area (Å²) in [5.41, 5.74) is 2.29. The Kier molecular flexibility index (Phi) is 3.05. The van der Waals surface area contributed by atoms with Crippen LogP contribution in [-0.2, 0) is 0 Å². The summed E-state index contributed by atoms with van der Waals surface area (Å²) in [5, 5.41) is 8.16. The highest BCUT2D eigenvalue weighted by Gasteiger charge is 2.00. The topological polar surface area (TPSA) is 58.6 Å². The second-order valence-corrected chi connectivity index (χ2v) is 2.27. The van der Waals surface area contributed by atoms with Gasteiger partial charge in [-0.15, -0.1) is 0 Å². The van der Waals surface area contributed by atoms with Crippen molar-refractivity contribution in [2.24, 2.45) is 0 Å². The number of carbonyl (C=O) groups is 1. The van der Waals surface area contributed by atoms with Crippen LogP contribution in [0.3, 0.4) is 0 Å².